The van der Waals surface area contributed by atoms with Crippen LogP contribution in [0.15, 0.2) is 46.9 Å². The van der Waals surface area contributed by atoms with Crippen molar-refractivity contribution in [3.8, 4) is 5.75 Å². The molecule has 0 fully saturated rings. The van der Waals surface area contributed by atoms with Gasteiger partial charge in [0.15, 0.2) is 0 Å². The Morgan fingerprint density at radius 2 is 1.84 bits per heavy atom. The van der Waals surface area contributed by atoms with Gasteiger partial charge in [0.2, 0.25) is 0 Å². The lowest BCUT2D eigenvalue weighted by molar-refractivity contribution is 0.410. The Morgan fingerprint density at radius 1 is 1.11 bits per heavy atom. The van der Waals surface area contributed by atoms with E-state index in [9.17, 15) is 4.39 Å². The summed E-state index contributed by atoms with van der Waals surface area (Å²) in [5.41, 5.74) is 1.80. The van der Waals surface area contributed by atoms with Crippen LogP contribution in [0, 0.1) is 5.82 Å². The molecular weight excluding hydrogens is 309 g/mol. The summed E-state index contributed by atoms with van der Waals surface area (Å²) in [6.07, 6.45) is 0. The third-order valence-electron chi connectivity index (χ3n) is 2.82. The molecule has 0 radical (unpaired) electrons. The summed E-state index contributed by atoms with van der Waals surface area (Å²) in [4.78, 5) is 0. The molecule has 0 spiro atoms. The summed E-state index contributed by atoms with van der Waals surface area (Å²) in [7, 11) is 1.53. The Bertz CT molecular complexity index is 542. The van der Waals surface area contributed by atoms with Gasteiger partial charge in [0, 0.05) is 29.2 Å². The molecule has 0 aliphatic rings. The molecule has 2 aromatic carbocycles. The van der Waals surface area contributed by atoms with Gasteiger partial charge >= 0.3 is 0 Å². The van der Waals surface area contributed by atoms with Crippen LogP contribution in [0.25, 0.3) is 0 Å². The van der Waals surface area contributed by atoms with E-state index in [-0.39, 0.29) is 5.82 Å². The van der Waals surface area contributed by atoms with Gasteiger partial charge in [0.1, 0.15) is 11.6 Å². The zero-order valence-corrected chi connectivity index (χ0v) is 12.2. The van der Waals surface area contributed by atoms with Gasteiger partial charge in [-0.25, -0.2) is 4.39 Å². The monoisotopic (exact) mass is 323 g/mol. The van der Waals surface area contributed by atoms with E-state index in [0.717, 1.165) is 10.0 Å². The molecule has 0 atom stereocenters. The Kier molecular flexibility index (Phi) is 4.93. The zero-order valence-electron chi connectivity index (χ0n) is 10.6. The van der Waals surface area contributed by atoms with Gasteiger partial charge in [0.25, 0.3) is 0 Å². The number of ether oxygens (including phenoxy) is 1. The third kappa shape index (κ3) is 4.04. The molecule has 2 rings (SSSR count). The minimum atomic E-state index is -0.248. The van der Waals surface area contributed by atoms with Crippen LogP contribution in [-0.4, -0.2) is 7.11 Å². The average Bonchev–Trinajstić information content (AvgIpc) is 2.42. The van der Waals surface area contributed by atoms with Crippen LogP contribution in [0.5, 0.6) is 5.75 Å². The summed E-state index contributed by atoms with van der Waals surface area (Å²) in [6.45, 7) is 1.20. The highest BCUT2D eigenvalue weighted by atomic mass is 79.9. The van der Waals surface area contributed by atoms with Crippen LogP contribution in [0.1, 0.15) is 11.1 Å². The van der Waals surface area contributed by atoms with Gasteiger partial charge in [-0.05, 0) is 23.8 Å². The molecule has 0 aliphatic carbocycles. The molecule has 0 saturated carbocycles. The maximum Gasteiger partial charge on any atom is 0.131 e. The molecule has 0 saturated heterocycles. The maximum absolute atomic E-state index is 13.7. The summed E-state index contributed by atoms with van der Waals surface area (Å²) >= 11 is 3.39. The topological polar surface area (TPSA) is 21.3 Å². The maximum atomic E-state index is 13.7. The number of rotatable bonds is 5. The predicted octanol–water partition coefficient (Wildman–Crippen LogP) is 3.89. The first kappa shape index (κ1) is 14.0. The van der Waals surface area contributed by atoms with Crippen LogP contribution < -0.4 is 10.1 Å². The average molecular weight is 324 g/mol. The van der Waals surface area contributed by atoms with E-state index in [1.807, 2.05) is 24.3 Å². The van der Waals surface area contributed by atoms with Crippen molar-refractivity contribution in [1.82, 2.24) is 5.32 Å². The first-order chi connectivity index (χ1) is 9.19. The molecule has 2 aromatic rings. The first-order valence-electron chi connectivity index (χ1n) is 5.96. The molecule has 0 heterocycles. The highest BCUT2D eigenvalue weighted by Gasteiger charge is 2.03. The number of halogens is 2. The second-order valence-electron chi connectivity index (χ2n) is 4.19. The van der Waals surface area contributed by atoms with Crippen molar-refractivity contribution in [2.24, 2.45) is 0 Å². The highest BCUT2D eigenvalue weighted by molar-refractivity contribution is 9.10. The zero-order chi connectivity index (χ0) is 13.7. The number of benzene rings is 2. The second kappa shape index (κ2) is 6.68. The van der Waals surface area contributed by atoms with Gasteiger partial charge < -0.3 is 10.1 Å². The quantitative estimate of drug-likeness (QED) is 0.901. The molecule has 0 aliphatic heterocycles. The Balaban J connectivity index is 1.90. The summed E-state index contributed by atoms with van der Waals surface area (Å²) < 4.78 is 19.7. The van der Waals surface area contributed by atoms with Gasteiger partial charge in [0.05, 0.1) is 7.11 Å². The van der Waals surface area contributed by atoms with Crippen molar-refractivity contribution in [1.29, 1.82) is 0 Å². The lowest BCUT2D eigenvalue weighted by Crippen LogP contribution is -2.13. The molecule has 1 N–H and O–H groups in total. The molecular formula is C15H15BrFNO. The second-order valence-corrected chi connectivity index (χ2v) is 5.10. The van der Waals surface area contributed by atoms with E-state index in [2.05, 4.69) is 21.2 Å². The Hall–Kier alpha value is -1.39. The van der Waals surface area contributed by atoms with E-state index in [1.165, 1.54) is 13.2 Å². The highest BCUT2D eigenvalue weighted by Crippen LogP contribution is 2.16. The predicted molar refractivity (Wildman–Crippen MR) is 77.6 cm³/mol. The molecule has 4 heteroatoms. The third-order valence-corrected chi connectivity index (χ3v) is 3.35. The van der Waals surface area contributed by atoms with Gasteiger partial charge in [-0.15, -0.1) is 0 Å². The van der Waals surface area contributed by atoms with E-state index in [4.69, 9.17) is 4.74 Å². The summed E-state index contributed by atoms with van der Waals surface area (Å²) in [6, 6.07) is 12.9. The number of methoxy groups -OCH3 is 1. The fourth-order valence-corrected chi connectivity index (χ4v) is 2.01. The first-order valence-corrected chi connectivity index (χ1v) is 6.76. The number of nitrogens with one attached hydrogen (secondary N) is 1. The lowest BCUT2D eigenvalue weighted by Gasteiger charge is -2.08. The van der Waals surface area contributed by atoms with Gasteiger partial charge in [-0.1, -0.05) is 34.1 Å². The smallest absolute Gasteiger partial charge is 0.131 e. The SMILES string of the molecule is COc1ccc(CNCc2ccc(Br)cc2)c(F)c1. The molecule has 0 unspecified atom stereocenters. The van der Waals surface area contributed by atoms with Crippen molar-refractivity contribution in [3.05, 3.63) is 63.9 Å². The minimum absolute atomic E-state index is 0.248. The van der Waals surface area contributed by atoms with E-state index in [0.29, 0.717) is 24.4 Å². The van der Waals surface area contributed by atoms with Crippen molar-refractivity contribution in [2.45, 2.75) is 13.1 Å². The molecule has 2 nitrogen and oxygen atoms in total. The van der Waals surface area contributed by atoms with Crippen LogP contribution in [0.4, 0.5) is 4.39 Å². The molecule has 0 aromatic heterocycles. The lowest BCUT2D eigenvalue weighted by atomic mass is 10.2. The van der Waals surface area contributed by atoms with Crippen molar-refractivity contribution in [3.63, 3.8) is 0 Å². The van der Waals surface area contributed by atoms with Crippen molar-refractivity contribution < 1.29 is 9.13 Å². The van der Waals surface area contributed by atoms with E-state index < -0.39 is 0 Å². The summed E-state index contributed by atoms with van der Waals surface area (Å²) in [5.74, 6) is 0.289. The standard InChI is InChI=1S/C15H15BrFNO/c1-19-14-7-4-12(15(17)8-14)10-18-9-11-2-5-13(16)6-3-11/h2-8,18H,9-10H2,1H3. The van der Waals surface area contributed by atoms with Crippen LogP contribution in [0.3, 0.4) is 0 Å². The van der Waals surface area contributed by atoms with E-state index >= 15 is 0 Å². The molecule has 0 amide bonds. The van der Waals surface area contributed by atoms with Gasteiger partial charge in [-0.2, -0.15) is 0 Å². The fraction of sp³-hybridized carbons (Fsp3) is 0.200. The number of hydrogen-bond donors (Lipinski definition) is 1. The van der Waals surface area contributed by atoms with Crippen LogP contribution in [-0.2, 0) is 13.1 Å². The fourth-order valence-electron chi connectivity index (χ4n) is 1.74. The largest absolute Gasteiger partial charge is 0.497 e. The Labute approximate surface area is 120 Å². The van der Waals surface area contributed by atoms with Crippen LogP contribution >= 0.6 is 15.9 Å². The molecule has 0 bridgehead atoms. The number of hydrogen-bond acceptors (Lipinski definition) is 2. The molecule has 100 valence electrons. The van der Waals surface area contributed by atoms with Crippen LogP contribution in [0.2, 0.25) is 0 Å². The van der Waals surface area contributed by atoms with Gasteiger partial charge in [-0.3, -0.25) is 0 Å². The van der Waals surface area contributed by atoms with E-state index in [1.54, 1.807) is 12.1 Å². The minimum Gasteiger partial charge on any atom is -0.497 e. The normalized spacial score (nSPS) is 10.5. The molecule has 19 heavy (non-hydrogen) atoms. The van der Waals surface area contributed by atoms with Crippen molar-refractivity contribution in [2.75, 3.05) is 7.11 Å². The Morgan fingerprint density at radius 3 is 2.47 bits per heavy atom. The van der Waals surface area contributed by atoms with Crippen molar-refractivity contribution >= 4 is 15.9 Å². The summed E-state index contributed by atoms with van der Waals surface area (Å²) in [5, 5.41) is 3.22.